The molecule has 0 atom stereocenters. The summed E-state index contributed by atoms with van der Waals surface area (Å²) in [5, 5.41) is 1.47. The fourth-order valence-corrected chi connectivity index (χ4v) is 5.81. The number of likely N-dealkylation sites (N-methyl/N-ethyl adjacent to an activating group) is 1. The second-order valence-electron chi connectivity index (χ2n) is 9.87. The Morgan fingerprint density at radius 2 is 1.81 bits per heavy atom. The normalized spacial score (nSPS) is 17.8. The van der Waals surface area contributed by atoms with Crippen LogP contribution in [0.2, 0.25) is 0 Å². The van der Waals surface area contributed by atoms with Crippen LogP contribution in [-0.4, -0.2) is 55.2 Å². The number of para-hydroxylation sites is 1. The lowest BCUT2D eigenvalue weighted by Gasteiger charge is -2.30. The fourth-order valence-electron chi connectivity index (χ4n) is 5.81. The topological polar surface area (TPSA) is 20.6 Å². The van der Waals surface area contributed by atoms with E-state index in [0.717, 1.165) is 38.5 Å². The van der Waals surface area contributed by atoms with Gasteiger partial charge in [0.2, 0.25) is 0 Å². The summed E-state index contributed by atoms with van der Waals surface area (Å²) in [6.45, 7) is 5.24. The summed E-state index contributed by atoms with van der Waals surface area (Å²) in [6.07, 6.45) is 6.75. The Hall–Kier alpha value is -2.30. The minimum atomic E-state index is 0.670. The number of aromatic nitrogens is 1. The summed E-state index contributed by atoms with van der Waals surface area (Å²) in [5.41, 5.74) is 7.27. The second-order valence-corrected chi connectivity index (χ2v) is 9.87. The van der Waals surface area contributed by atoms with Crippen molar-refractivity contribution in [2.45, 2.75) is 51.1 Å². The van der Waals surface area contributed by atoms with E-state index in [1.54, 1.807) is 12.7 Å². The molecule has 0 amide bonds. The van der Waals surface area contributed by atoms with E-state index in [-0.39, 0.29) is 0 Å². The number of methoxy groups -OCH3 is 1. The van der Waals surface area contributed by atoms with E-state index in [4.69, 9.17) is 4.74 Å². The molecule has 0 unspecified atom stereocenters. The maximum absolute atomic E-state index is 5.65. The standard InChI is InChI=1S/C28H37N3O/c1-29(2)15-16-30-17-18-31-26-12-8-7-11-25(26)27(21-9-5-4-6-10-21)28(31)24-14-13-23(32-3)19-22(24)20-30/h7-8,11-14,19,21H,4-6,9-10,15-18,20H2,1-3H3. The van der Waals surface area contributed by atoms with E-state index in [9.17, 15) is 0 Å². The van der Waals surface area contributed by atoms with Crippen molar-refractivity contribution in [1.29, 1.82) is 0 Å². The summed E-state index contributed by atoms with van der Waals surface area (Å²) >= 11 is 0. The smallest absolute Gasteiger partial charge is 0.119 e. The Morgan fingerprint density at radius 3 is 2.59 bits per heavy atom. The third-order valence-electron chi connectivity index (χ3n) is 7.49. The molecule has 1 fully saturated rings. The van der Waals surface area contributed by atoms with Gasteiger partial charge in [-0.25, -0.2) is 0 Å². The predicted octanol–water partition coefficient (Wildman–Crippen LogP) is 5.74. The zero-order valence-corrected chi connectivity index (χ0v) is 19.9. The van der Waals surface area contributed by atoms with Gasteiger partial charge in [-0.15, -0.1) is 0 Å². The van der Waals surface area contributed by atoms with Crippen molar-refractivity contribution in [2.24, 2.45) is 0 Å². The van der Waals surface area contributed by atoms with E-state index < -0.39 is 0 Å². The van der Waals surface area contributed by atoms with Gasteiger partial charge in [-0.1, -0.05) is 37.5 Å². The van der Waals surface area contributed by atoms with Crippen molar-refractivity contribution >= 4 is 10.9 Å². The maximum Gasteiger partial charge on any atom is 0.119 e. The average Bonchev–Trinajstić information content (AvgIpc) is 3.13. The van der Waals surface area contributed by atoms with Gasteiger partial charge in [-0.05, 0) is 68.2 Å². The number of fused-ring (bicyclic) bond motifs is 5. The second kappa shape index (κ2) is 9.29. The highest BCUT2D eigenvalue weighted by atomic mass is 16.5. The van der Waals surface area contributed by atoms with E-state index in [2.05, 4.69) is 70.9 Å². The van der Waals surface area contributed by atoms with Crippen molar-refractivity contribution in [3.63, 3.8) is 0 Å². The lowest BCUT2D eigenvalue weighted by atomic mass is 9.81. The monoisotopic (exact) mass is 431 g/mol. The Morgan fingerprint density at radius 1 is 1.00 bits per heavy atom. The first-order valence-electron chi connectivity index (χ1n) is 12.3. The molecule has 4 nitrogen and oxygen atoms in total. The highest BCUT2D eigenvalue weighted by Crippen LogP contribution is 2.45. The zero-order chi connectivity index (χ0) is 22.1. The summed E-state index contributed by atoms with van der Waals surface area (Å²) in [6, 6.07) is 15.9. The molecule has 0 bridgehead atoms. The zero-order valence-electron chi connectivity index (χ0n) is 19.9. The number of nitrogens with zero attached hydrogens (tertiary/aromatic N) is 3. The van der Waals surface area contributed by atoms with Crippen molar-refractivity contribution in [3.05, 3.63) is 53.6 Å². The lowest BCUT2D eigenvalue weighted by Crippen LogP contribution is -2.35. The molecule has 0 saturated heterocycles. The van der Waals surface area contributed by atoms with E-state index >= 15 is 0 Å². The van der Waals surface area contributed by atoms with Gasteiger partial charge >= 0.3 is 0 Å². The van der Waals surface area contributed by atoms with Crippen LogP contribution in [0.25, 0.3) is 22.2 Å². The summed E-state index contributed by atoms with van der Waals surface area (Å²) in [5.74, 6) is 1.63. The van der Waals surface area contributed by atoms with Crippen LogP contribution in [0, 0.1) is 0 Å². The molecule has 4 heteroatoms. The van der Waals surface area contributed by atoms with Crippen LogP contribution in [0.3, 0.4) is 0 Å². The molecule has 5 rings (SSSR count). The van der Waals surface area contributed by atoms with Crippen molar-refractivity contribution in [3.8, 4) is 17.0 Å². The fraction of sp³-hybridized carbons (Fsp3) is 0.500. The van der Waals surface area contributed by atoms with Crippen LogP contribution in [-0.2, 0) is 13.1 Å². The highest BCUT2D eigenvalue weighted by molar-refractivity contribution is 5.93. The summed E-state index contributed by atoms with van der Waals surface area (Å²) < 4.78 is 8.28. The van der Waals surface area contributed by atoms with E-state index in [1.807, 2.05) is 0 Å². The minimum absolute atomic E-state index is 0.670. The summed E-state index contributed by atoms with van der Waals surface area (Å²) in [4.78, 5) is 4.89. The maximum atomic E-state index is 5.65. The minimum Gasteiger partial charge on any atom is -0.497 e. The van der Waals surface area contributed by atoms with E-state index in [1.165, 1.54) is 59.8 Å². The molecule has 32 heavy (non-hydrogen) atoms. The number of ether oxygens (including phenoxy) is 1. The molecule has 0 spiro atoms. The molecule has 1 aliphatic heterocycles. The van der Waals surface area contributed by atoms with Crippen molar-refractivity contribution in [2.75, 3.05) is 40.8 Å². The average molecular weight is 432 g/mol. The van der Waals surface area contributed by atoms with Gasteiger partial charge in [0, 0.05) is 49.2 Å². The summed E-state index contributed by atoms with van der Waals surface area (Å²) in [7, 11) is 6.10. The highest BCUT2D eigenvalue weighted by Gasteiger charge is 2.29. The lowest BCUT2D eigenvalue weighted by molar-refractivity contribution is 0.225. The quantitative estimate of drug-likeness (QED) is 0.514. The third kappa shape index (κ3) is 4.06. The number of hydrogen-bond donors (Lipinski definition) is 0. The molecular weight excluding hydrogens is 394 g/mol. The van der Waals surface area contributed by atoms with Crippen molar-refractivity contribution in [1.82, 2.24) is 14.4 Å². The van der Waals surface area contributed by atoms with Gasteiger partial charge in [0.25, 0.3) is 0 Å². The van der Waals surface area contributed by atoms with Gasteiger partial charge in [0.15, 0.2) is 0 Å². The molecule has 1 aliphatic carbocycles. The van der Waals surface area contributed by atoms with Gasteiger partial charge in [0.1, 0.15) is 5.75 Å². The van der Waals surface area contributed by atoms with Gasteiger partial charge in [-0.3, -0.25) is 4.90 Å². The third-order valence-corrected chi connectivity index (χ3v) is 7.49. The Balaban J connectivity index is 1.69. The molecule has 0 radical (unpaired) electrons. The van der Waals surface area contributed by atoms with Crippen LogP contribution in [0.5, 0.6) is 5.75 Å². The van der Waals surface area contributed by atoms with Gasteiger partial charge in [0.05, 0.1) is 12.8 Å². The van der Waals surface area contributed by atoms with Gasteiger partial charge in [-0.2, -0.15) is 0 Å². The van der Waals surface area contributed by atoms with Crippen molar-refractivity contribution < 1.29 is 4.74 Å². The Labute approximate surface area is 192 Å². The number of benzene rings is 2. The number of rotatable bonds is 5. The van der Waals surface area contributed by atoms with Crippen LogP contribution >= 0.6 is 0 Å². The largest absolute Gasteiger partial charge is 0.497 e. The van der Waals surface area contributed by atoms with Crippen LogP contribution in [0.15, 0.2) is 42.5 Å². The molecule has 1 aromatic heterocycles. The predicted molar refractivity (Wildman–Crippen MR) is 134 cm³/mol. The molecule has 2 aromatic carbocycles. The molecule has 1 saturated carbocycles. The molecular formula is C28H37N3O. The Kier molecular flexibility index (Phi) is 6.25. The van der Waals surface area contributed by atoms with Crippen LogP contribution in [0.1, 0.15) is 49.1 Å². The Bertz CT molecular complexity index is 1080. The number of hydrogen-bond acceptors (Lipinski definition) is 3. The van der Waals surface area contributed by atoms with E-state index in [0.29, 0.717) is 5.92 Å². The van der Waals surface area contributed by atoms with Gasteiger partial charge < -0.3 is 14.2 Å². The van der Waals surface area contributed by atoms with Crippen LogP contribution in [0.4, 0.5) is 0 Å². The first-order valence-corrected chi connectivity index (χ1v) is 12.3. The SMILES string of the molecule is COc1ccc2c(c1)CN(CCN(C)C)CCn1c-2c(C2CCCCC2)c2ccccc21. The first kappa shape index (κ1) is 21.5. The molecule has 0 N–H and O–H groups in total. The molecule has 170 valence electrons. The van der Waals surface area contributed by atoms with Crippen LogP contribution < -0.4 is 4.74 Å². The molecule has 2 aliphatic rings. The molecule has 3 aromatic rings. The molecule has 2 heterocycles. The first-order chi connectivity index (χ1) is 15.7.